The van der Waals surface area contributed by atoms with Crippen LogP contribution >= 0.6 is 11.6 Å². The predicted molar refractivity (Wildman–Crippen MR) is 120 cm³/mol. The molecule has 30 heavy (non-hydrogen) atoms. The van der Waals surface area contributed by atoms with Crippen molar-refractivity contribution in [1.82, 2.24) is 9.78 Å². The van der Waals surface area contributed by atoms with Crippen molar-refractivity contribution in [1.29, 1.82) is 0 Å². The lowest BCUT2D eigenvalue weighted by Gasteiger charge is -2.30. The lowest BCUT2D eigenvalue weighted by Crippen LogP contribution is -2.29. The van der Waals surface area contributed by atoms with E-state index in [1.807, 2.05) is 80.9 Å². The summed E-state index contributed by atoms with van der Waals surface area (Å²) in [5.41, 5.74) is 6.35. The molecule has 0 saturated carbocycles. The number of aromatic nitrogens is 2. The molecule has 4 rings (SSSR count). The third-order valence-electron chi connectivity index (χ3n) is 5.33. The molecule has 0 spiro atoms. The Morgan fingerprint density at radius 1 is 1.10 bits per heavy atom. The van der Waals surface area contributed by atoms with Gasteiger partial charge in [0, 0.05) is 16.3 Å². The van der Waals surface area contributed by atoms with Crippen LogP contribution in [0.3, 0.4) is 0 Å². The normalized spacial score (nSPS) is 15.6. The largest absolute Gasteiger partial charge is 0.463 e. The Labute approximate surface area is 181 Å². The summed E-state index contributed by atoms with van der Waals surface area (Å²) in [6, 6.07) is 15.5. The number of carbonyl (C=O) groups is 1. The monoisotopic (exact) mass is 421 g/mol. The van der Waals surface area contributed by atoms with E-state index in [1.54, 1.807) is 0 Å². The zero-order chi connectivity index (χ0) is 21.4. The van der Waals surface area contributed by atoms with Gasteiger partial charge in [-0.05, 0) is 51.0 Å². The molecule has 1 aliphatic rings. The molecule has 0 radical (unpaired) electrons. The van der Waals surface area contributed by atoms with Gasteiger partial charge in [-0.3, -0.25) is 0 Å². The molecule has 0 bridgehead atoms. The lowest BCUT2D eigenvalue weighted by atomic mass is 9.94. The fourth-order valence-corrected chi connectivity index (χ4v) is 4.04. The summed E-state index contributed by atoms with van der Waals surface area (Å²) in [5.74, 6) is 0.519. The number of nitrogens with one attached hydrogen (secondary N) is 1. The number of hydrogen-bond donors (Lipinski definition) is 1. The van der Waals surface area contributed by atoms with E-state index in [0.717, 1.165) is 39.5 Å². The van der Waals surface area contributed by atoms with Gasteiger partial charge in [-0.25, -0.2) is 9.48 Å². The number of fused-ring (bicyclic) bond motifs is 1. The van der Waals surface area contributed by atoms with E-state index in [0.29, 0.717) is 17.2 Å². The average Bonchev–Trinajstić information content (AvgIpc) is 3.04. The van der Waals surface area contributed by atoms with Gasteiger partial charge in [-0.15, -0.1) is 0 Å². The van der Waals surface area contributed by atoms with Crippen molar-refractivity contribution in [2.45, 2.75) is 33.7 Å². The summed E-state index contributed by atoms with van der Waals surface area (Å²) in [5, 5.41) is 8.93. The summed E-state index contributed by atoms with van der Waals surface area (Å²) in [4.78, 5) is 12.9. The molecular formula is C24H24ClN3O2. The molecule has 154 valence electrons. The highest BCUT2D eigenvalue weighted by atomic mass is 35.5. The molecule has 0 aliphatic carbocycles. The van der Waals surface area contributed by atoms with Crippen molar-refractivity contribution in [3.05, 3.63) is 81.6 Å². The second-order valence-corrected chi connectivity index (χ2v) is 7.89. The molecule has 0 fully saturated rings. The van der Waals surface area contributed by atoms with Crippen LogP contribution in [0.2, 0.25) is 5.02 Å². The standard InChI is InChI=1S/C24H24ClN3O2/c1-5-30-24(29)21-15(3)26-23-20(17-10-12-19(25)13-11-17)16(4)27-28(23)22(21)18-8-6-14(2)7-9-18/h6-13,22,26H,5H2,1-4H3. The minimum Gasteiger partial charge on any atom is -0.463 e. The van der Waals surface area contributed by atoms with Crippen LogP contribution in [0.25, 0.3) is 11.1 Å². The van der Waals surface area contributed by atoms with Gasteiger partial charge in [0.25, 0.3) is 0 Å². The zero-order valence-corrected chi connectivity index (χ0v) is 18.2. The smallest absolute Gasteiger partial charge is 0.338 e. The number of anilines is 1. The number of carbonyl (C=O) groups excluding carboxylic acids is 1. The summed E-state index contributed by atoms with van der Waals surface area (Å²) < 4.78 is 7.28. The molecule has 1 aliphatic heterocycles. The molecule has 1 aromatic heterocycles. The highest BCUT2D eigenvalue weighted by Gasteiger charge is 2.36. The van der Waals surface area contributed by atoms with Gasteiger partial charge >= 0.3 is 5.97 Å². The quantitative estimate of drug-likeness (QED) is 0.551. The van der Waals surface area contributed by atoms with Crippen LogP contribution in [-0.2, 0) is 9.53 Å². The highest BCUT2D eigenvalue weighted by Crippen LogP contribution is 2.42. The average molecular weight is 422 g/mol. The zero-order valence-electron chi connectivity index (χ0n) is 17.5. The molecule has 1 N–H and O–H groups in total. The van der Waals surface area contributed by atoms with Gasteiger partial charge in [0.05, 0.1) is 17.9 Å². The number of aryl methyl sites for hydroxylation is 2. The topological polar surface area (TPSA) is 56.1 Å². The number of halogens is 1. The number of esters is 1. The van der Waals surface area contributed by atoms with Gasteiger partial charge in [-0.2, -0.15) is 5.10 Å². The van der Waals surface area contributed by atoms with E-state index < -0.39 is 0 Å². The third-order valence-corrected chi connectivity index (χ3v) is 5.59. The summed E-state index contributed by atoms with van der Waals surface area (Å²) in [6.07, 6.45) is 0. The van der Waals surface area contributed by atoms with Crippen molar-refractivity contribution >= 4 is 23.4 Å². The van der Waals surface area contributed by atoms with Gasteiger partial charge < -0.3 is 10.1 Å². The number of hydrogen-bond acceptors (Lipinski definition) is 4. The van der Waals surface area contributed by atoms with Crippen LogP contribution in [0.5, 0.6) is 0 Å². The maximum Gasteiger partial charge on any atom is 0.338 e. The van der Waals surface area contributed by atoms with Crippen molar-refractivity contribution in [2.75, 3.05) is 11.9 Å². The Balaban J connectivity index is 1.92. The molecular weight excluding hydrogens is 398 g/mol. The van der Waals surface area contributed by atoms with E-state index in [-0.39, 0.29) is 12.0 Å². The molecule has 2 heterocycles. The second-order valence-electron chi connectivity index (χ2n) is 7.46. The lowest BCUT2D eigenvalue weighted by molar-refractivity contribution is -0.139. The SMILES string of the molecule is CCOC(=O)C1=C(C)Nc2c(-c3ccc(Cl)cc3)c(C)nn2C1c1ccc(C)cc1. The first-order valence-electron chi connectivity index (χ1n) is 9.97. The maximum atomic E-state index is 12.9. The van der Waals surface area contributed by atoms with Gasteiger partial charge in [-0.1, -0.05) is 53.6 Å². The number of ether oxygens (including phenoxy) is 1. The van der Waals surface area contributed by atoms with Crippen molar-refractivity contribution in [3.8, 4) is 11.1 Å². The summed E-state index contributed by atoms with van der Waals surface area (Å²) in [7, 11) is 0. The number of nitrogens with zero attached hydrogens (tertiary/aromatic N) is 2. The maximum absolute atomic E-state index is 12.9. The van der Waals surface area contributed by atoms with Crippen LogP contribution < -0.4 is 5.32 Å². The Bertz CT molecular complexity index is 1130. The van der Waals surface area contributed by atoms with Crippen LogP contribution in [0.4, 0.5) is 5.82 Å². The first-order valence-corrected chi connectivity index (χ1v) is 10.3. The minimum absolute atomic E-state index is 0.317. The minimum atomic E-state index is -0.374. The predicted octanol–water partition coefficient (Wildman–Crippen LogP) is 5.67. The van der Waals surface area contributed by atoms with E-state index in [9.17, 15) is 4.79 Å². The summed E-state index contributed by atoms with van der Waals surface area (Å²) in [6.45, 7) is 8.05. The molecule has 1 atom stereocenters. The Kier molecular flexibility index (Phi) is 5.39. The fourth-order valence-electron chi connectivity index (χ4n) is 3.92. The first kappa shape index (κ1) is 20.2. The second kappa shape index (κ2) is 8.00. The van der Waals surface area contributed by atoms with Crippen LogP contribution in [0.15, 0.2) is 59.8 Å². The molecule has 2 aromatic carbocycles. The van der Waals surface area contributed by atoms with E-state index in [2.05, 4.69) is 5.32 Å². The number of rotatable bonds is 4. The number of benzene rings is 2. The van der Waals surface area contributed by atoms with Crippen LogP contribution in [0, 0.1) is 13.8 Å². The van der Waals surface area contributed by atoms with Crippen LogP contribution in [-0.4, -0.2) is 22.4 Å². The fraction of sp³-hybridized carbons (Fsp3) is 0.250. The molecule has 6 heteroatoms. The van der Waals surface area contributed by atoms with Gasteiger partial charge in [0.2, 0.25) is 0 Å². The van der Waals surface area contributed by atoms with Crippen molar-refractivity contribution in [3.63, 3.8) is 0 Å². The van der Waals surface area contributed by atoms with Crippen LogP contribution in [0.1, 0.15) is 36.7 Å². The van der Waals surface area contributed by atoms with Gasteiger partial charge in [0.15, 0.2) is 0 Å². The molecule has 1 unspecified atom stereocenters. The summed E-state index contributed by atoms with van der Waals surface area (Å²) >= 11 is 6.08. The van der Waals surface area contributed by atoms with E-state index in [1.165, 1.54) is 0 Å². The van der Waals surface area contributed by atoms with E-state index >= 15 is 0 Å². The highest BCUT2D eigenvalue weighted by molar-refractivity contribution is 6.30. The molecule has 0 saturated heterocycles. The Morgan fingerprint density at radius 2 is 1.77 bits per heavy atom. The third kappa shape index (κ3) is 3.50. The van der Waals surface area contributed by atoms with Crippen molar-refractivity contribution in [2.24, 2.45) is 0 Å². The Morgan fingerprint density at radius 3 is 2.40 bits per heavy atom. The number of allylic oxidation sites excluding steroid dienone is 1. The van der Waals surface area contributed by atoms with E-state index in [4.69, 9.17) is 21.4 Å². The Hall–Kier alpha value is -3.05. The molecule has 5 nitrogen and oxygen atoms in total. The van der Waals surface area contributed by atoms with Gasteiger partial charge in [0.1, 0.15) is 11.9 Å². The van der Waals surface area contributed by atoms with Crippen molar-refractivity contribution < 1.29 is 9.53 Å². The first-order chi connectivity index (χ1) is 14.4. The molecule has 0 amide bonds. The molecule has 3 aromatic rings.